The predicted molar refractivity (Wildman–Crippen MR) is 71.4 cm³/mol. The number of rotatable bonds is 5. The second-order valence-electron chi connectivity index (χ2n) is 5.88. The summed E-state index contributed by atoms with van der Waals surface area (Å²) in [6.45, 7) is 6.82. The summed E-state index contributed by atoms with van der Waals surface area (Å²) in [7, 11) is 0. The first-order valence-electron chi connectivity index (χ1n) is 6.27. The van der Waals surface area contributed by atoms with Gasteiger partial charge >= 0.3 is 0 Å². The van der Waals surface area contributed by atoms with E-state index in [0.29, 0.717) is 11.5 Å². The molecule has 0 aliphatic heterocycles. The van der Waals surface area contributed by atoms with Crippen molar-refractivity contribution in [1.29, 1.82) is 0 Å². The first-order chi connectivity index (χ1) is 7.47. The monoisotopic (exact) mass is 219 g/mol. The molecule has 1 rings (SSSR count). The normalized spacial score (nSPS) is 13.8. The molecule has 0 aromatic heterocycles. The van der Waals surface area contributed by atoms with Crippen LogP contribution in [0, 0.1) is 5.41 Å². The summed E-state index contributed by atoms with van der Waals surface area (Å²) in [5.74, 6) is 0. The van der Waals surface area contributed by atoms with Gasteiger partial charge in [0.1, 0.15) is 0 Å². The van der Waals surface area contributed by atoms with E-state index in [1.165, 1.54) is 12.0 Å². The van der Waals surface area contributed by atoms with Crippen molar-refractivity contribution in [3.05, 3.63) is 35.9 Å². The van der Waals surface area contributed by atoms with Gasteiger partial charge in [0, 0.05) is 6.04 Å². The van der Waals surface area contributed by atoms with Crippen molar-refractivity contribution in [2.24, 2.45) is 11.1 Å². The van der Waals surface area contributed by atoms with Crippen molar-refractivity contribution in [2.75, 3.05) is 0 Å². The smallest absolute Gasteiger partial charge is 0.00421 e. The fourth-order valence-electron chi connectivity index (χ4n) is 1.76. The van der Waals surface area contributed by atoms with E-state index in [2.05, 4.69) is 51.1 Å². The molecule has 0 saturated carbocycles. The highest BCUT2D eigenvalue weighted by molar-refractivity contribution is 5.14. The number of benzene rings is 1. The molecule has 0 aliphatic rings. The molecule has 0 fully saturated rings. The van der Waals surface area contributed by atoms with Gasteiger partial charge in [-0.05, 0) is 36.7 Å². The Morgan fingerprint density at radius 1 is 1.06 bits per heavy atom. The van der Waals surface area contributed by atoms with Crippen LogP contribution in [-0.2, 0) is 6.42 Å². The molecule has 1 atom stereocenters. The van der Waals surface area contributed by atoms with Gasteiger partial charge in [-0.1, -0.05) is 51.1 Å². The number of nitrogens with two attached hydrogens (primary N) is 1. The van der Waals surface area contributed by atoms with Crippen LogP contribution < -0.4 is 5.73 Å². The lowest BCUT2D eigenvalue weighted by Crippen LogP contribution is -2.23. The lowest BCUT2D eigenvalue weighted by Gasteiger charge is -2.20. The van der Waals surface area contributed by atoms with Gasteiger partial charge in [0.15, 0.2) is 0 Å². The van der Waals surface area contributed by atoms with Crippen molar-refractivity contribution in [2.45, 2.75) is 52.5 Å². The lowest BCUT2D eigenvalue weighted by molar-refractivity contribution is 0.343. The predicted octanol–water partition coefficient (Wildman–Crippen LogP) is 3.77. The molecule has 0 radical (unpaired) electrons. The Balaban J connectivity index is 2.23. The fraction of sp³-hybridized carbons (Fsp3) is 0.600. The highest BCUT2D eigenvalue weighted by atomic mass is 14.6. The molecule has 1 nitrogen and oxygen atoms in total. The molecule has 0 saturated heterocycles. The maximum atomic E-state index is 6.13. The molecule has 1 aromatic carbocycles. The molecular weight excluding hydrogens is 194 g/mol. The van der Waals surface area contributed by atoms with Crippen LogP contribution in [0.3, 0.4) is 0 Å². The third-order valence-electron chi connectivity index (χ3n) is 2.91. The van der Waals surface area contributed by atoms with E-state index < -0.39 is 0 Å². The van der Waals surface area contributed by atoms with E-state index >= 15 is 0 Å². The van der Waals surface area contributed by atoms with Crippen molar-refractivity contribution in [1.82, 2.24) is 0 Å². The number of hydrogen-bond acceptors (Lipinski definition) is 1. The SMILES string of the molecule is CC(C)(C)CCC(N)CCc1ccccc1. The fourth-order valence-corrected chi connectivity index (χ4v) is 1.76. The Morgan fingerprint density at radius 3 is 2.25 bits per heavy atom. The van der Waals surface area contributed by atoms with Crippen molar-refractivity contribution < 1.29 is 0 Å². The van der Waals surface area contributed by atoms with Gasteiger partial charge in [-0.25, -0.2) is 0 Å². The van der Waals surface area contributed by atoms with E-state index in [0.717, 1.165) is 19.3 Å². The Hall–Kier alpha value is -0.820. The van der Waals surface area contributed by atoms with E-state index in [1.807, 2.05) is 0 Å². The molecule has 1 aromatic rings. The zero-order valence-electron chi connectivity index (χ0n) is 10.9. The van der Waals surface area contributed by atoms with E-state index in [4.69, 9.17) is 5.73 Å². The molecule has 2 N–H and O–H groups in total. The molecule has 16 heavy (non-hydrogen) atoms. The lowest BCUT2D eigenvalue weighted by atomic mass is 9.88. The van der Waals surface area contributed by atoms with Crippen molar-refractivity contribution in [3.63, 3.8) is 0 Å². The first kappa shape index (κ1) is 13.2. The van der Waals surface area contributed by atoms with Gasteiger partial charge in [-0.15, -0.1) is 0 Å². The average Bonchev–Trinajstić information content (AvgIpc) is 2.24. The van der Waals surface area contributed by atoms with E-state index in [9.17, 15) is 0 Å². The van der Waals surface area contributed by atoms with Crippen LogP contribution in [0.4, 0.5) is 0 Å². The minimum atomic E-state index is 0.347. The summed E-state index contributed by atoms with van der Waals surface area (Å²) in [4.78, 5) is 0. The van der Waals surface area contributed by atoms with Crippen LogP contribution in [0.15, 0.2) is 30.3 Å². The van der Waals surface area contributed by atoms with Gasteiger partial charge in [-0.3, -0.25) is 0 Å². The van der Waals surface area contributed by atoms with Gasteiger partial charge in [0.05, 0.1) is 0 Å². The maximum absolute atomic E-state index is 6.13. The second kappa shape index (κ2) is 6.05. The maximum Gasteiger partial charge on any atom is 0.00421 e. The van der Waals surface area contributed by atoms with Crippen LogP contribution >= 0.6 is 0 Å². The first-order valence-corrected chi connectivity index (χ1v) is 6.27. The summed E-state index contributed by atoms with van der Waals surface area (Å²) in [5, 5.41) is 0. The quantitative estimate of drug-likeness (QED) is 0.801. The van der Waals surface area contributed by atoms with Crippen LogP contribution in [-0.4, -0.2) is 6.04 Å². The summed E-state index contributed by atoms with van der Waals surface area (Å²) in [6.07, 6.45) is 4.55. The molecule has 0 aliphatic carbocycles. The Bertz CT molecular complexity index is 284. The molecule has 0 heterocycles. The molecule has 0 amide bonds. The topological polar surface area (TPSA) is 26.0 Å². The molecular formula is C15H25N. The second-order valence-corrected chi connectivity index (χ2v) is 5.88. The molecule has 1 heteroatoms. The van der Waals surface area contributed by atoms with E-state index in [1.54, 1.807) is 0 Å². The average molecular weight is 219 g/mol. The van der Waals surface area contributed by atoms with Gasteiger partial charge in [-0.2, -0.15) is 0 Å². The largest absolute Gasteiger partial charge is 0.328 e. The van der Waals surface area contributed by atoms with Crippen molar-refractivity contribution in [3.8, 4) is 0 Å². The minimum absolute atomic E-state index is 0.347. The highest BCUT2D eigenvalue weighted by Gasteiger charge is 2.12. The summed E-state index contributed by atoms with van der Waals surface area (Å²) in [5.41, 5.74) is 7.93. The van der Waals surface area contributed by atoms with Crippen LogP contribution in [0.5, 0.6) is 0 Å². The van der Waals surface area contributed by atoms with E-state index in [-0.39, 0.29) is 0 Å². The zero-order chi connectivity index (χ0) is 12.0. The highest BCUT2D eigenvalue weighted by Crippen LogP contribution is 2.22. The van der Waals surface area contributed by atoms with Gasteiger partial charge in [0.25, 0.3) is 0 Å². The van der Waals surface area contributed by atoms with Crippen LogP contribution in [0.25, 0.3) is 0 Å². The number of hydrogen-bond donors (Lipinski definition) is 1. The summed E-state index contributed by atoms with van der Waals surface area (Å²) < 4.78 is 0. The van der Waals surface area contributed by atoms with Crippen LogP contribution in [0.2, 0.25) is 0 Å². The minimum Gasteiger partial charge on any atom is -0.328 e. The molecule has 1 unspecified atom stereocenters. The van der Waals surface area contributed by atoms with Crippen LogP contribution in [0.1, 0.15) is 45.6 Å². The standard InChI is InChI=1S/C15H25N/c1-15(2,3)12-11-14(16)10-9-13-7-5-4-6-8-13/h4-8,14H,9-12,16H2,1-3H3. The molecule has 0 bridgehead atoms. The number of aryl methyl sites for hydroxylation is 1. The third kappa shape index (κ3) is 5.92. The summed E-state index contributed by atoms with van der Waals surface area (Å²) in [6, 6.07) is 10.9. The third-order valence-corrected chi connectivity index (χ3v) is 2.91. The summed E-state index contributed by atoms with van der Waals surface area (Å²) >= 11 is 0. The van der Waals surface area contributed by atoms with Gasteiger partial charge in [0.2, 0.25) is 0 Å². The zero-order valence-corrected chi connectivity index (χ0v) is 10.9. The Labute approximate surface area is 100 Å². The van der Waals surface area contributed by atoms with Crippen molar-refractivity contribution >= 4 is 0 Å². The van der Waals surface area contributed by atoms with Gasteiger partial charge < -0.3 is 5.73 Å². The Kier molecular flexibility index (Phi) is 5.01. The molecule has 0 spiro atoms. The molecule has 90 valence electrons. The Morgan fingerprint density at radius 2 is 1.69 bits per heavy atom.